The lowest BCUT2D eigenvalue weighted by Gasteiger charge is -2.31. The molecule has 0 spiro atoms. The Balaban J connectivity index is 1.70. The highest BCUT2D eigenvalue weighted by Gasteiger charge is 2.37. The van der Waals surface area contributed by atoms with Crippen LogP contribution >= 0.6 is 0 Å². The van der Waals surface area contributed by atoms with Crippen LogP contribution in [0.4, 0.5) is 13.2 Å². The number of halogens is 3. The van der Waals surface area contributed by atoms with Crippen LogP contribution in [0, 0.1) is 0 Å². The molecule has 2 unspecified atom stereocenters. The maximum absolute atomic E-state index is 13.2. The summed E-state index contributed by atoms with van der Waals surface area (Å²) < 4.78 is 39.6. The van der Waals surface area contributed by atoms with E-state index < -0.39 is 12.0 Å². The van der Waals surface area contributed by atoms with Crippen LogP contribution < -0.4 is 5.32 Å². The van der Waals surface area contributed by atoms with Gasteiger partial charge in [-0.1, -0.05) is 30.3 Å². The number of hydrogen-bond donors (Lipinski definition) is 2. The van der Waals surface area contributed by atoms with Crippen molar-refractivity contribution in [2.45, 2.75) is 31.0 Å². The fourth-order valence-corrected chi connectivity index (χ4v) is 3.49. The van der Waals surface area contributed by atoms with Gasteiger partial charge in [0.25, 0.3) is 0 Å². The normalized spacial score (nSPS) is 21.6. The van der Waals surface area contributed by atoms with Crippen molar-refractivity contribution in [1.29, 1.82) is 0 Å². The first-order chi connectivity index (χ1) is 12.0. The molecule has 0 saturated carbocycles. The topological polar surface area (TPSA) is 53.6 Å². The van der Waals surface area contributed by atoms with E-state index in [1.807, 2.05) is 30.3 Å². The molecule has 4 rings (SSSR count). The van der Waals surface area contributed by atoms with Crippen molar-refractivity contribution in [3.05, 3.63) is 59.7 Å². The number of rotatable bonds is 2. The third-order valence-corrected chi connectivity index (χ3v) is 4.69. The number of alkyl halides is 3. The summed E-state index contributed by atoms with van der Waals surface area (Å²) in [6.07, 6.45) is -1.56. The van der Waals surface area contributed by atoms with Gasteiger partial charge in [0.1, 0.15) is 5.69 Å². The molecule has 4 nitrogen and oxygen atoms in total. The van der Waals surface area contributed by atoms with Crippen LogP contribution in [0.2, 0.25) is 0 Å². The summed E-state index contributed by atoms with van der Waals surface area (Å²) in [5, 5.41) is 3.44. The van der Waals surface area contributed by atoms with Crippen LogP contribution in [-0.4, -0.2) is 21.5 Å². The van der Waals surface area contributed by atoms with Gasteiger partial charge in [-0.3, -0.25) is 4.98 Å². The minimum atomic E-state index is -4.51. The first kappa shape index (κ1) is 16.1. The van der Waals surface area contributed by atoms with E-state index in [1.54, 1.807) is 6.07 Å². The molecular weight excluding hydrogens is 329 g/mol. The minimum Gasteiger partial charge on any atom is -0.334 e. The van der Waals surface area contributed by atoms with Crippen molar-refractivity contribution in [3.8, 4) is 11.4 Å². The molecule has 0 aliphatic carbocycles. The minimum absolute atomic E-state index is 0.0699. The van der Waals surface area contributed by atoms with Gasteiger partial charge < -0.3 is 10.3 Å². The van der Waals surface area contributed by atoms with Crippen LogP contribution in [0.1, 0.15) is 41.9 Å². The molecule has 130 valence electrons. The van der Waals surface area contributed by atoms with Gasteiger partial charge in [0, 0.05) is 18.2 Å². The first-order valence-corrected chi connectivity index (χ1v) is 8.22. The van der Waals surface area contributed by atoms with Crippen molar-refractivity contribution in [3.63, 3.8) is 0 Å². The van der Waals surface area contributed by atoms with Crippen LogP contribution in [0.5, 0.6) is 0 Å². The molecule has 1 aromatic rings. The quantitative estimate of drug-likeness (QED) is 0.733. The molecular formula is C18H17F3N4. The predicted octanol–water partition coefficient (Wildman–Crippen LogP) is 4.14. The largest absolute Gasteiger partial charge is 0.449 e. The van der Waals surface area contributed by atoms with Gasteiger partial charge in [-0.2, -0.15) is 13.2 Å². The zero-order chi connectivity index (χ0) is 17.4. The van der Waals surface area contributed by atoms with Crippen molar-refractivity contribution < 1.29 is 13.2 Å². The molecule has 1 aromatic carbocycles. The van der Waals surface area contributed by atoms with E-state index in [-0.39, 0.29) is 12.0 Å². The summed E-state index contributed by atoms with van der Waals surface area (Å²) >= 11 is 0. The standard InChI is InChI=1S/C18H17F3N4/c19-18(20,21)17-24-13-7-9-23-16(13)15(25-17)12-6-8-22-14(10-12)11-4-2-1-3-5-11/h1-5,7,9,12,14,22H,6,8,10H2,(H,24,25). The van der Waals surface area contributed by atoms with Gasteiger partial charge in [-0.05, 0) is 31.0 Å². The summed E-state index contributed by atoms with van der Waals surface area (Å²) in [6.45, 7) is 0.730. The number of nitrogens with zero attached hydrogens (tertiary/aromatic N) is 2. The third-order valence-electron chi connectivity index (χ3n) is 4.69. The SMILES string of the molecule is FC(F)(F)c1nc(C2CCNC(c3ccccc3)C2)c2nccc-2[nH]1. The molecule has 3 aliphatic rings. The Morgan fingerprint density at radius 3 is 2.64 bits per heavy atom. The molecule has 3 heterocycles. The van der Waals surface area contributed by atoms with Crippen LogP contribution in [0.3, 0.4) is 0 Å². The molecule has 3 aliphatic heterocycles. The number of H-pyrrole nitrogens is 1. The molecule has 0 amide bonds. The maximum Gasteiger partial charge on any atom is 0.449 e. The van der Waals surface area contributed by atoms with Gasteiger partial charge in [0.2, 0.25) is 5.82 Å². The smallest absolute Gasteiger partial charge is 0.334 e. The highest BCUT2D eigenvalue weighted by molar-refractivity contribution is 5.60. The monoisotopic (exact) mass is 346 g/mol. The number of aromatic amines is 1. The number of benzene rings is 1. The lowest BCUT2D eigenvalue weighted by molar-refractivity contribution is -0.145. The fraction of sp³-hybridized carbons (Fsp3) is 0.333. The predicted molar refractivity (Wildman–Crippen MR) is 87.2 cm³/mol. The lowest BCUT2D eigenvalue weighted by Crippen LogP contribution is -2.32. The van der Waals surface area contributed by atoms with E-state index in [0.29, 0.717) is 23.5 Å². The Kier molecular flexibility index (Phi) is 3.95. The maximum atomic E-state index is 13.2. The molecule has 2 atom stereocenters. The summed E-state index contributed by atoms with van der Waals surface area (Å²) in [5.74, 6) is -1.03. The van der Waals surface area contributed by atoms with E-state index in [0.717, 1.165) is 18.5 Å². The van der Waals surface area contributed by atoms with Gasteiger partial charge in [0.15, 0.2) is 0 Å². The number of nitrogens with one attached hydrogen (secondary N) is 2. The Hall–Kier alpha value is -2.41. The molecule has 7 heteroatoms. The van der Waals surface area contributed by atoms with Crippen molar-refractivity contribution in [2.75, 3.05) is 6.54 Å². The van der Waals surface area contributed by atoms with E-state index in [1.165, 1.54) is 6.20 Å². The van der Waals surface area contributed by atoms with E-state index in [2.05, 4.69) is 20.3 Å². The summed E-state index contributed by atoms with van der Waals surface area (Å²) in [5.41, 5.74) is 2.49. The molecule has 0 radical (unpaired) electrons. The number of hydrogen-bond acceptors (Lipinski definition) is 3. The number of aromatic nitrogens is 3. The molecule has 1 fully saturated rings. The number of fused-ring (bicyclic) bond motifs is 1. The van der Waals surface area contributed by atoms with Crippen molar-refractivity contribution >= 4 is 0 Å². The van der Waals surface area contributed by atoms with Gasteiger partial charge in [-0.25, -0.2) is 4.98 Å². The second-order valence-electron chi connectivity index (χ2n) is 6.31. The summed E-state index contributed by atoms with van der Waals surface area (Å²) in [6, 6.07) is 11.6. The zero-order valence-corrected chi connectivity index (χ0v) is 13.3. The molecule has 2 N–H and O–H groups in total. The highest BCUT2D eigenvalue weighted by atomic mass is 19.4. The van der Waals surface area contributed by atoms with E-state index in [4.69, 9.17) is 0 Å². The third kappa shape index (κ3) is 3.11. The van der Waals surface area contributed by atoms with E-state index >= 15 is 0 Å². The Morgan fingerprint density at radius 2 is 1.88 bits per heavy atom. The van der Waals surface area contributed by atoms with E-state index in [9.17, 15) is 13.2 Å². The van der Waals surface area contributed by atoms with Crippen LogP contribution in [-0.2, 0) is 6.18 Å². The first-order valence-electron chi connectivity index (χ1n) is 8.22. The highest BCUT2D eigenvalue weighted by Crippen LogP contribution is 2.39. The molecule has 0 bridgehead atoms. The Labute approximate surface area is 142 Å². The van der Waals surface area contributed by atoms with Gasteiger partial charge >= 0.3 is 6.18 Å². The average Bonchev–Trinajstić information content (AvgIpc) is 3.10. The van der Waals surface area contributed by atoms with Crippen molar-refractivity contribution in [1.82, 2.24) is 20.3 Å². The molecule has 25 heavy (non-hydrogen) atoms. The summed E-state index contributed by atoms with van der Waals surface area (Å²) in [4.78, 5) is 10.5. The zero-order valence-electron chi connectivity index (χ0n) is 13.3. The second kappa shape index (κ2) is 6.15. The Morgan fingerprint density at radius 1 is 1.08 bits per heavy atom. The fourth-order valence-electron chi connectivity index (χ4n) is 3.49. The lowest BCUT2D eigenvalue weighted by atomic mass is 9.85. The van der Waals surface area contributed by atoms with Crippen LogP contribution in [0.25, 0.3) is 11.4 Å². The molecule has 0 aromatic heterocycles. The van der Waals surface area contributed by atoms with Crippen LogP contribution in [0.15, 0.2) is 42.6 Å². The average molecular weight is 346 g/mol. The Bertz CT molecular complexity index is 828. The van der Waals surface area contributed by atoms with Gasteiger partial charge in [-0.15, -0.1) is 0 Å². The van der Waals surface area contributed by atoms with Crippen molar-refractivity contribution in [2.24, 2.45) is 0 Å². The second-order valence-corrected chi connectivity index (χ2v) is 6.31. The summed E-state index contributed by atoms with van der Waals surface area (Å²) in [7, 11) is 0. The number of piperidine rings is 1. The van der Waals surface area contributed by atoms with Gasteiger partial charge in [0.05, 0.1) is 11.4 Å². The molecule has 1 saturated heterocycles.